The van der Waals surface area contributed by atoms with Crippen molar-refractivity contribution in [2.45, 2.75) is 34.2 Å². The van der Waals surface area contributed by atoms with Crippen molar-refractivity contribution in [3.05, 3.63) is 86.3 Å². The molecule has 1 heterocycles. The second-order valence-corrected chi connectivity index (χ2v) is 8.53. The highest BCUT2D eigenvalue weighted by atomic mass is 16.2. The first kappa shape index (κ1) is 22.3. The highest BCUT2D eigenvalue weighted by molar-refractivity contribution is 5.98. The van der Waals surface area contributed by atoms with Crippen LogP contribution in [0.3, 0.4) is 0 Å². The lowest BCUT2D eigenvalue weighted by atomic mass is 9.96. The molecule has 0 bridgehead atoms. The Morgan fingerprint density at radius 1 is 0.903 bits per heavy atom. The first-order valence-electron chi connectivity index (χ1n) is 10.4. The Morgan fingerprint density at radius 2 is 1.55 bits per heavy atom. The van der Waals surface area contributed by atoms with Gasteiger partial charge in [0, 0.05) is 43.7 Å². The lowest BCUT2D eigenvalue weighted by Gasteiger charge is -2.23. The van der Waals surface area contributed by atoms with E-state index in [4.69, 9.17) is 0 Å². The number of aromatic nitrogens is 1. The molecule has 1 amide bonds. The third-order valence-corrected chi connectivity index (χ3v) is 5.71. The van der Waals surface area contributed by atoms with Crippen LogP contribution in [-0.4, -0.2) is 36.9 Å². The number of rotatable bonds is 5. The third kappa shape index (κ3) is 4.71. The number of aryl methyl sites for hydroxylation is 3. The number of nitrogens with one attached hydrogen (secondary N) is 1. The summed E-state index contributed by atoms with van der Waals surface area (Å²) in [7, 11) is 5.71. The van der Waals surface area contributed by atoms with Gasteiger partial charge in [0.25, 0.3) is 11.5 Å². The Kier molecular flexibility index (Phi) is 6.34. The second-order valence-electron chi connectivity index (χ2n) is 8.53. The number of H-pyrrole nitrogens is 1. The number of nitrogens with zero attached hydrogens (tertiary/aromatic N) is 2. The zero-order valence-corrected chi connectivity index (χ0v) is 19.5. The number of pyridine rings is 1. The molecule has 5 nitrogen and oxygen atoms in total. The van der Waals surface area contributed by atoms with E-state index >= 15 is 0 Å². The molecule has 162 valence electrons. The predicted molar refractivity (Wildman–Crippen MR) is 128 cm³/mol. The van der Waals surface area contributed by atoms with Gasteiger partial charge in [-0.3, -0.25) is 9.59 Å². The Balaban J connectivity index is 2.03. The van der Waals surface area contributed by atoms with E-state index in [2.05, 4.69) is 42.2 Å². The zero-order valence-electron chi connectivity index (χ0n) is 19.5. The van der Waals surface area contributed by atoms with Gasteiger partial charge >= 0.3 is 0 Å². The maximum atomic E-state index is 13.5. The topological polar surface area (TPSA) is 56.4 Å². The summed E-state index contributed by atoms with van der Waals surface area (Å²) >= 11 is 0. The lowest BCUT2D eigenvalue weighted by Crippen LogP contribution is -2.31. The molecule has 0 fully saturated rings. The Bertz CT molecular complexity index is 1170. The van der Waals surface area contributed by atoms with Crippen molar-refractivity contribution >= 4 is 11.6 Å². The molecule has 2 aromatic carbocycles. The summed E-state index contributed by atoms with van der Waals surface area (Å²) < 4.78 is 0. The number of aromatic amines is 1. The van der Waals surface area contributed by atoms with Gasteiger partial charge in [-0.25, -0.2) is 0 Å². The number of hydrogen-bond donors (Lipinski definition) is 1. The van der Waals surface area contributed by atoms with Crippen LogP contribution in [0.25, 0.3) is 11.1 Å². The average Bonchev–Trinajstić information content (AvgIpc) is 2.70. The predicted octanol–water partition coefficient (Wildman–Crippen LogP) is 4.61. The fraction of sp³-hybridized carbons (Fsp3) is 0.308. The molecule has 3 aromatic rings. The molecule has 5 heteroatoms. The summed E-state index contributed by atoms with van der Waals surface area (Å²) in [6.07, 6.45) is 0. The number of hydrogen-bond acceptors (Lipinski definition) is 3. The first-order chi connectivity index (χ1) is 14.6. The molecule has 3 rings (SSSR count). The fourth-order valence-corrected chi connectivity index (χ4v) is 3.89. The van der Waals surface area contributed by atoms with Crippen LogP contribution in [0.4, 0.5) is 5.69 Å². The Morgan fingerprint density at radius 3 is 2.13 bits per heavy atom. The molecule has 31 heavy (non-hydrogen) atoms. The molecule has 0 saturated heterocycles. The first-order valence-corrected chi connectivity index (χ1v) is 10.4. The highest BCUT2D eigenvalue weighted by Gasteiger charge is 2.20. The van der Waals surface area contributed by atoms with Crippen molar-refractivity contribution in [2.75, 3.05) is 26.0 Å². The standard InChI is InChI=1S/C26H31N3O2/c1-16-8-10-20(11-9-16)21-13-22(19(4)24(14-21)28(5)6)26(31)29(7)15-23-17(2)12-18(3)27-25(23)30/h8-14H,15H2,1-7H3,(H,27,30). The Labute approximate surface area is 184 Å². The molecule has 0 aliphatic heterocycles. The molecule has 0 aliphatic rings. The van der Waals surface area contributed by atoms with Crippen LogP contribution in [0.15, 0.2) is 47.3 Å². The largest absolute Gasteiger partial charge is 0.377 e. The number of anilines is 1. The summed E-state index contributed by atoms with van der Waals surface area (Å²) in [5.41, 5.74) is 8.00. The van der Waals surface area contributed by atoms with Crippen LogP contribution in [0.1, 0.15) is 38.3 Å². The van der Waals surface area contributed by atoms with Crippen molar-refractivity contribution < 1.29 is 4.79 Å². The van der Waals surface area contributed by atoms with Crippen LogP contribution < -0.4 is 10.5 Å². The van der Waals surface area contributed by atoms with Gasteiger partial charge in [0.15, 0.2) is 0 Å². The van der Waals surface area contributed by atoms with Crippen molar-refractivity contribution in [3.8, 4) is 11.1 Å². The summed E-state index contributed by atoms with van der Waals surface area (Å²) in [5.74, 6) is -0.103. The zero-order chi connectivity index (χ0) is 22.9. The molecule has 0 saturated carbocycles. The number of carbonyl (C=O) groups is 1. The summed E-state index contributed by atoms with van der Waals surface area (Å²) in [5, 5.41) is 0. The minimum absolute atomic E-state index is 0.103. The van der Waals surface area contributed by atoms with Crippen LogP contribution in [0.5, 0.6) is 0 Å². The van der Waals surface area contributed by atoms with E-state index in [0.29, 0.717) is 11.1 Å². The van der Waals surface area contributed by atoms with Crippen LogP contribution >= 0.6 is 0 Å². The van der Waals surface area contributed by atoms with Crippen LogP contribution in [0.2, 0.25) is 0 Å². The van der Waals surface area contributed by atoms with Gasteiger partial charge in [-0.05, 0) is 68.1 Å². The van der Waals surface area contributed by atoms with Gasteiger partial charge in [0.05, 0.1) is 6.54 Å². The van der Waals surface area contributed by atoms with E-state index in [1.165, 1.54) is 5.56 Å². The van der Waals surface area contributed by atoms with Gasteiger partial charge in [-0.1, -0.05) is 29.8 Å². The van der Waals surface area contributed by atoms with E-state index < -0.39 is 0 Å². The third-order valence-electron chi connectivity index (χ3n) is 5.71. The molecule has 0 aliphatic carbocycles. The van der Waals surface area contributed by atoms with Crippen molar-refractivity contribution in [1.29, 1.82) is 0 Å². The van der Waals surface area contributed by atoms with Crippen molar-refractivity contribution in [2.24, 2.45) is 0 Å². The monoisotopic (exact) mass is 417 g/mol. The van der Waals surface area contributed by atoms with Gasteiger partial charge in [-0.15, -0.1) is 0 Å². The maximum Gasteiger partial charge on any atom is 0.254 e. The van der Waals surface area contributed by atoms with Gasteiger partial charge in [0.2, 0.25) is 0 Å². The number of benzene rings is 2. The summed E-state index contributed by atoms with van der Waals surface area (Å²) in [4.78, 5) is 32.4. The minimum atomic E-state index is -0.142. The average molecular weight is 418 g/mol. The summed E-state index contributed by atoms with van der Waals surface area (Å²) in [6.45, 7) is 8.05. The van der Waals surface area contributed by atoms with E-state index in [0.717, 1.165) is 33.6 Å². The van der Waals surface area contributed by atoms with E-state index in [1.807, 2.05) is 51.9 Å². The molecule has 0 radical (unpaired) electrons. The molecular weight excluding hydrogens is 386 g/mol. The molecule has 0 unspecified atom stereocenters. The molecule has 0 atom stereocenters. The molecule has 0 spiro atoms. The molecular formula is C26H31N3O2. The van der Waals surface area contributed by atoms with Crippen LogP contribution in [-0.2, 0) is 6.54 Å². The quantitative estimate of drug-likeness (QED) is 0.659. The van der Waals surface area contributed by atoms with Gasteiger partial charge < -0.3 is 14.8 Å². The van der Waals surface area contributed by atoms with E-state index in [-0.39, 0.29) is 18.0 Å². The lowest BCUT2D eigenvalue weighted by molar-refractivity contribution is 0.0784. The summed E-state index contributed by atoms with van der Waals surface area (Å²) in [6, 6.07) is 14.3. The highest BCUT2D eigenvalue weighted by Crippen LogP contribution is 2.31. The van der Waals surface area contributed by atoms with E-state index in [9.17, 15) is 9.59 Å². The normalized spacial score (nSPS) is 10.8. The molecule has 1 aromatic heterocycles. The SMILES string of the molecule is Cc1ccc(-c2cc(C(=O)N(C)Cc3c(C)cc(C)[nH]c3=O)c(C)c(N(C)C)c2)cc1. The Hall–Kier alpha value is -3.34. The smallest absolute Gasteiger partial charge is 0.254 e. The minimum Gasteiger partial charge on any atom is -0.377 e. The molecule has 1 N–H and O–H groups in total. The van der Waals surface area contributed by atoms with Crippen molar-refractivity contribution in [1.82, 2.24) is 9.88 Å². The van der Waals surface area contributed by atoms with Crippen LogP contribution in [0, 0.1) is 27.7 Å². The fourth-order valence-electron chi connectivity index (χ4n) is 3.89. The maximum absolute atomic E-state index is 13.5. The van der Waals surface area contributed by atoms with E-state index in [1.54, 1.807) is 11.9 Å². The second kappa shape index (κ2) is 8.80. The number of amides is 1. The number of carbonyl (C=O) groups excluding carboxylic acids is 1. The van der Waals surface area contributed by atoms with Crippen molar-refractivity contribution in [3.63, 3.8) is 0 Å². The van der Waals surface area contributed by atoms with Gasteiger partial charge in [-0.2, -0.15) is 0 Å². The van der Waals surface area contributed by atoms with Gasteiger partial charge in [0.1, 0.15) is 0 Å².